The molecule has 5 nitrogen and oxygen atoms in total. The van der Waals surface area contributed by atoms with Gasteiger partial charge < -0.3 is 9.94 Å². The highest BCUT2D eigenvalue weighted by Crippen LogP contribution is 2.08. The second-order valence-electron chi connectivity index (χ2n) is 2.18. The van der Waals surface area contributed by atoms with Crippen LogP contribution in [0.3, 0.4) is 0 Å². The van der Waals surface area contributed by atoms with Gasteiger partial charge in [-0.3, -0.25) is 0 Å². The van der Waals surface area contributed by atoms with Crippen LogP contribution in [0.25, 0.3) is 0 Å². The van der Waals surface area contributed by atoms with E-state index < -0.39 is 12.6 Å². The average molecular weight is 200 g/mol. The Bertz CT molecular complexity index is 321. The number of rotatable bonds is 4. The summed E-state index contributed by atoms with van der Waals surface area (Å²) in [6.45, 7) is 1.45. The molecule has 0 aliphatic heterocycles. The van der Waals surface area contributed by atoms with Crippen molar-refractivity contribution in [2.24, 2.45) is 5.16 Å². The molecular weight excluding hydrogens is 192 g/mol. The molecule has 1 N–H and O–H groups in total. The van der Waals surface area contributed by atoms with Crippen molar-refractivity contribution in [3.05, 3.63) is 16.1 Å². The molecule has 70 valence electrons. The van der Waals surface area contributed by atoms with Crippen LogP contribution in [0.4, 0.5) is 0 Å². The molecule has 0 bridgehead atoms. The van der Waals surface area contributed by atoms with E-state index in [1.807, 2.05) is 6.92 Å². The van der Waals surface area contributed by atoms with E-state index in [2.05, 4.69) is 15.0 Å². The first-order valence-electron chi connectivity index (χ1n) is 3.48. The first-order chi connectivity index (χ1) is 6.18. The Morgan fingerprint density at radius 3 is 3.23 bits per heavy atom. The van der Waals surface area contributed by atoms with Gasteiger partial charge in [-0.25, -0.2) is 9.78 Å². The molecule has 1 heterocycles. The number of carboxylic acid groups (broad SMARTS) is 1. The largest absolute Gasteiger partial charge is 0.479 e. The SMILES string of the molecule is Cc1ncc(C=NOCC(=O)O)s1. The lowest BCUT2D eigenvalue weighted by molar-refractivity contribution is -0.142. The summed E-state index contributed by atoms with van der Waals surface area (Å²) in [4.78, 5) is 19.3. The second kappa shape index (κ2) is 4.56. The van der Waals surface area contributed by atoms with Crippen LogP contribution >= 0.6 is 11.3 Å². The molecule has 0 spiro atoms. The van der Waals surface area contributed by atoms with Crippen LogP contribution in [0, 0.1) is 6.92 Å². The lowest BCUT2D eigenvalue weighted by Crippen LogP contribution is -2.03. The maximum absolute atomic E-state index is 10.0. The number of oxime groups is 1. The highest BCUT2D eigenvalue weighted by atomic mass is 32.1. The number of nitrogens with zero attached hydrogens (tertiary/aromatic N) is 2. The number of carboxylic acids is 1. The summed E-state index contributed by atoms with van der Waals surface area (Å²) in [6, 6.07) is 0. The highest BCUT2D eigenvalue weighted by Gasteiger charge is 1.95. The molecule has 0 amide bonds. The molecule has 13 heavy (non-hydrogen) atoms. The van der Waals surface area contributed by atoms with Crippen LogP contribution in [0.15, 0.2) is 11.4 Å². The Kier molecular flexibility index (Phi) is 3.39. The monoisotopic (exact) mass is 200 g/mol. The van der Waals surface area contributed by atoms with Crippen LogP contribution in [-0.2, 0) is 9.63 Å². The van der Waals surface area contributed by atoms with Crippen molar-refractivity contribution in [3.63, 3.8) is 0 Å². The van der Waals surface area contributed by atoms with E-state index in [4.69, 9.17) is 5.11 Å². The Hall–Kier alpha value is -1.43. The third kappa shape index (κ3) is 3.66. The van der Waals surface area contributed by atoms with Crippen molar-refractivity contribution < 1.29 is 14.7 Å². The molecule has 0 radical (unpaired) electrons. The summed E-state index contributed by atoms with van der Waals surface area (Å²) >= 11 is 1.46. The normalized spacial score (nSPS) is 10.5. The smallest absolute Gasteiger partial charge is 0.344 e. The Labute approximate surface area is 78.7 Å². The first-order valence-corrected chi connectivity index (χ1v) is 4.29. The molecule has 0 unspecified atom stereocenters. The maximum atomic E-state index is 10.0. The number of aryl methyl sites for hydroxylation is 1. The van der Waals surface area contributed by atoms with Gasteiger partial charge in [-0.05, 0) is 6.92 Å². The van der Waals surface area contributed by atoms with E-state index in [1.165, 1.54) is 17.6 Å². The Balaban J connectivity index is 2.36. The van der Waals surface area contributed by atoms with E-state index in [0.717, 1.165) is 9.88 Å². The van der Waals surface area contributed by atoms with E-state index in [0.29, 0.717) is 0 Å². The Morgan fingerprint density at radius 2 is 2.69 bits per heavy atom. The molecular formula is C7H8N2O3S. The third-order valence-electron chi connectivity index (χ3n) is 1.08. The van der Waals surface area contributed by atoms with Crippen LogP contribution in [0.5, 0.6) is 0 Å². The van der Waals surface area contributed by atoms with Gasteiger partial charge in [-0.15, -0.1) is 11.3 Å². The van der Waals surface area contributed by atoms with Gasteiger partial charge in [0.2, 0.25) is 6.61 Å². The zero-order valence-corrected chi connectivity index (χ0v) is 7.74. The van der Waals surface area contributed by atoms with Gasteiger partial charge in [0.1, 0.15) is 0 Å². The Morgan fingerprint density at radius 1 is 1.92 bits per heavy atom. The molecule has 0 saturated heterocycles. The molecule has 1 rings (SSSR count). The van der Waals surface area contributed by atoms with Crippen molar-refractivity contribution in [1.82, 2.24) is 4.98 Å². The standard InChI is InChI=1S/C7H8N2O3S/c1-5-8-2-6(13-5)3-9-12-4-7(10)11/h2-3H,4H2,1H3,(H,10,11). The van der Waals surface area contributed by atoms with Gasteiger partial charge in [0.15, 0.2) is 0 Å². The zero-order valence-electron chi connectivity index (χ0n) is 6.93. The lowest BCUT2D eigenvalue weighted by Gasteiger charge is -1.90. The molecule has 0 aromatic carbocycles. The van der Waals surface area contributed by atoms with Gasteiger partial charge in [0.05, 0.1) is 16.1 Å². The summed E-state index contributed by atoms with van der Waals surface area (Å²) in [5.74, 6) is -1.04. The van der Waals surface area contributed by atoms with Crippen LogP contribution in [0.1, 0.15) is 9.88 Å². The fourth-order valence-electron chi connectivity index (χ4n) is 0.619. The molecule has 0 fully saturated rings. The fourth-order valence-corrected chi connectivity index (χ4v) is 1.27. The molecule has 0 aliphatic rings. The van der Waals surface area contributed by atoms with E-state index in [1.54, 1.807) is 6.20 Å². The summed E-state index contributed by atoms with van der Waals surface area (Å²) in [5, 5.41) is 12.6. The molecule has 1 aromatic rings. The fraction of sp³-hybridized carbons (Fsp3) is 0.286. The number of carbonyl (C=O) groups is 1. The molecule has 0 aliphatic carbocycles. The molecule has 6 heteroatoms. The minimum Gasteiger partial charge on any atom is -0.479 e. The minimum atomic E-state index is -1.04. The summed E-state index contributed by atoms with van der Waals surface area (Å²) in [5.41, 5.74) is 0. The molecule has 0 atom stereocenters. The number of aromatic nitrogens is 1. The number of aliphatic carboxylic acids is 1. The van der Waals surface area contributed by atoms with Gasteiger partial charge in [-0.1, -0.05) is 5.16 Å². The van der Waals surface area contributed by atoms with Crippen molar-refractivity contribution in [2.75, 3.05) is 6.61 Å². The van der Waals surface area contributed by atoms with Crippen molar-refractivity contribution >= 4 is 23.5 Å². The first kappa shape index (κ1) is 9.66. The van der Waals surface area contributed by atoms with Crippen molar-refractivity contribution in [2.45, 2.75) is 6.92 Å². The number of hydrogen-bond acceptors (Lipinski definition) is 5. The van der Waals surface area contributed by atoms with E-state index in [-0.39, 0.29) is 0 Å². The average Bonchev–Trinajstić information content (AvgIpc) is 2.45. The van der Waals surface area contributed by atoms with Crippen molar-refractivity contribution in [3.8, 4) is 0 Å². The van der Waals surface area contributed by atoms with Gasteiger partial charge in [0, 0.05) is 6.20 Å². The maximum Gasteiger partial charge on any atom is 0.344 e. The quantitative estimate of drug-likeness (QED) is 0.578. The lowest BCUT2D eigenvalue weighted by atomic mass is 10.6. The number of thiazole rings is 1. The van der Waals surface area contributed by atoms with Crippen LogP contribution < -0.4 is 0 Å². The summed E-state index contributed by atoms with van der Waals surface area (Å²) in [6.07, 6.45) is 3.08. The third-order valence-corrected chi connectivity index (χ3v) is 1.93. The summed E-state index contributed by atoms with van der Waals surface area (Å²) in [7, 11) is 0. The topological polar surface area (TPSA) is 71.8 Å². The predicted octanol–water partition coefficient (Wildman–Crippen LogP) is 0.887. The summed E-state index contributed by atoms with van der Waals surface area (Å²) < 4.78 is 0. The highest BCUT2D eigenvalue weighted by molar-refractivity contribution is 7.13. The minimum absolute atomic E-state index is 0.422. The van der Waals surface area contributed by atoms with Crippen LogP contribution in [0.2, 0.25) is 0 Å². The van der Waals surface area contributed by atoms with E-state index in [9.17, 15) is 4.79 Å². The molecule has 1 aromatic heterocycles. The number of hydrogen-bond donors (Lipinski definition) is 1. The van der Waals surface area contributed by atoms with Crippen molar-refractivity contribution in [1.29, 1.82) is 0 Å². The van der Waals surface area contributed by atoms with Gasteiger partial charge in [0.25, 0.3) is 0 Å². The second-order valence-corrected chi connectivity index (χ2v) is 3.45. The predicted molar refractivity (Wildman–Crippen MR) is 48.0 cm³/mol. The van der Waals surface area contributed by atoms with Gasteiger partial charge >= 0.3 is 5.97 Å². The van der Waals surface area contributed by atoms with E-state index >= 15 is 0 Å². The zero-order chi connectivity index (χ0) is 9.68. The molecule has 0 saturated carbocycles. The van der Waals surface area contributed by atoms with Gasteiger partial charge in [-0.2, -0.15) is 0 Å². The van der Waals surface area contributed by atoms with Crippen LogP contribution in [-0.4, -0.2) is 28.9 Å².